The van der Waals surface area contributed by atoms with E-state index in [0.717, 1.165) is 11.6 Å². The Balaban J connectivity index is 2.02. The smallest absolute Gasteiger partial charge is 0.300 e. The number of rotatable bonds is 7. The number of Topliss-reactive ketones (excluding diaryl/α,β-unsaturated/α-hetero) is 1. The molecule has 1 heterocycles. The number of ketones is 1. The van der Waals surface area contributed by atoms with Crippen molar-refractivity contribution in [3.8, 4) is 17.2 Å². The molecule has 0 radical (unpaired) electrons. The summed E-state index contributed by atoms with van der Waals surface area (Å²) >= 11 is 6.04. The average Bonchev–Trinajstić information content (AvgIpc) is 3.19. The number of aliphatic hydroxyl groups is 1. The summed E-state index contributed by atoms with van der Waals surface area (Å²) in [4.78, 5) is 28.3. The predicted molar refractivity (Wildman–Crippen MR) is 148 cm³/mol. The monoisotopic (exact) mass is 553 g/mol. The Morgan fingerprint density at radius 1 is 0.949 bits per heavy atom. The normalized spacial score (nSPS) is 16.6. The summed E-state index contributed by atoms with van der Waals surface area (Å²) in [5.41, 5.74) is 2.39. The zero-order chi connectivity index (χ0) is 28.6. The first-order valence-electron chi connectivity index (χ1n) is 12.2. The number of anilines is 1. The summed E-state index contributed by atoms with van der Waals surface area (Å²) in [5.74, 6) is -1.30. The second kappa shape index (κ2) is 11.0. The van der Waals surface area contributed by atoms with Gasteiger partial charge in [-0.2, -0.15) is 0 Å². The maximum Gasteiger partial charge on any atom is 0.300 e. The van der Waals surface area contributed by atoms with Gasteiger partial charge in [0.05, 0.1) is 38.0 Å². The van der Waals surface area contributed by atoms with Gasteiger partial charge in [0.25, 0.3) is 11.7 Å². The van der Waals surface area contributed by atoms with Gasteiger partial charge in [0.2, 0.25) is 0 Å². The molecule has 1 fully saturated rings. The molecule has 0 aliphatic carbocycles. The predicted octanol–water partition coefficient (Wildman–Crippen LogP) is 6.56. The van der Waals surface area contributed by atoms with Crippen LogP contribution in [0.5, 0.6) is 17.2 Å². The van der Waals surface area contributed by atoms with Crippen molar-refractivity contribution in [1.29, 1.82) is 0 Å². The second-order valence-electron chi connectivity index (χ2n) is 9.45. The number of ether oxygens (including phenoxy) is 3. The third-order valence-corrected chi connectivity index (χ3v) is 7.09. The first-order valence-corrected chi connectivity index (χ1v) is 12.6. The lowest BCUT2D eigenvalue weighted by Crippen LogP contribution is -2.29. The lowest BCUT2D eigenvalue weighted by atomic mass is 9.91. The van der Waals surface area contributed by atoms with Crippen LogP contribution in [0.25, 0.3) is 5.76 Å². The summed E-state index contributed by atoms with van der Waals surface area (Å²) in [7, 11) is 4.52. The van der Waals surface area contributed by atoms with E-state index in [1.165, 1.54) is 31.3 Å². The Kier molecular flexibility index (Phi) is 7.88. The maximum absolute atomic E-state index is 14.0. The molecule has 1 unspecified atom stereocenters. The van der Waals surface area contributed by atoms with E-state index in [1.54, 1.807) is 44.4 Å². The highest BCUT2D eigenvalue weighted by Gasteiger charge is 2.47. The lowest BCUT2D eigenvalue weighted by Gasteiger charge is -2.26. The topological polar surface area (TPSA) is 85.3 Å². The number of nitrogens with zero attached hydrogens (tertiary/aromatic N) is 1. The molecule has 3 aromatic rings. The van der Waals surface area contributed by atoms with Gasteiger partial charge in [-0.1, -0.05) is 31.5 Å². The molecule has 0 spiro atoms. The van der Waals surface area contributed by atoms with Crippen LogP contribution in [0, 0.1) is 12.7 Å². The van der Waals surface area contributed by atoms with E-state index in [2.05, 4.69) is 0 Å². The Morgan fingerprint density at radius 3 is 2.21 bits per heavy atom. The van der Waals surface area contributed by atoms with Gasteiger partial charge in [0.15, 0.2) is 11.5 Å². The summed E-state index contributed by atoms with van der Waals surface area (Å²) in [6.07, 6.45) is 0. The van der Waals surface area contributed by atoms with E-state index in [-0.39, 0.29) is 28.0 Å². The first-order chi connectivity index (χ1) is 18.5. The number of benzene rings is 3. The molecule has 1 saturated heterocycles. The number of hydrogen-bond acceptors (Lipinski definition) is 6. The highest BCUT2D eigenvalue weighted by molar-refractivity contribution is 6.51. The maximum atomic E-state index is 14.0. The van der Waals surface area contributed by atoms with E-state index >= 15 is 0 Å². The van der Waals surface area contributed by atoms with Crippen LogP contribution in [-0.4, -0.2) is 38.1 Å². The minimum atomic E-state index is -1.07. The molecule has 0 bridgehead atoms. The van der Waals surface area contributed by atoms with Crippen molar-refractivity contribution >= 4 is 34.7 Å². The van der Waals surface area contributed by atoms with E-state index in [4.69, 9.17) is 25.8 Å². The highest BCUT2D eigenvalue weighted by atomic mass is 35.5. The largest absolute Gasteiger partial charge is 0.507 e. The number of hydrogen-bond donors (Lipinski definition) is 1. The van der Waals surface area contributed by atoms with Crippen LogP contribution < -0.4 is 19.1 Å². The Hall–Kier alpha value is -4.04. The Bertz CT molecular complexity index is 1500. The summed E-state index contributed by atoms with van der Waals surface area (Å²) in [5, 5.41) is 11.5. The molecule has 1 amide bonds. The van der Waals surface area contributed by atoms with Crippen LogP contribution in [0.1, 0.15) is 48.1 Å². The minimum Gasteiger partial charge on any atom is -0.507 e. The fourth-order valence-electron chi connectivity index (χ4n) is 4.80. The zero-order valence-electron chi connectivity index (χ0n) is 22.5. The van der Waals surface area contributed by atoms with Crippen molar-refractivity contribution < 1.29 is 33.3 Å². The fraction of sp³-hybridized carbons (Fsp3) is 0.267. The van der Waals surface area contributed by atoms with Gasteiger partial charge in [0.1, 0.15) is 17.3 Å². The number of carbonyl (C=O) groups is 2. The van der Waals surface area contributed by atoms with Gasteiger partial charge in [-0.15, -0.1) is 0 Å². The third kappa shape index (κ3) is 4.92. The van der Waals surface area contributed by atoms with Crippen molar-refractivity contribution in [1.82, 2.24) is 0 Å². The number of aryl methyl sites for hydroxylation is 1. The van der Waals surface area contributed by atoms with Gasteiger partial charge in [0, 0.05) is 11.3 Å². The molecule has 1 aliphatic heterocycles. The third-order valence-electron chi connectivity index (χ3n) is 6.80. The van der Waals surface area contributed by atoms with Crippen LogP contribution in [0.2, 0.25) is 5.02 Å². The molecule has 39 heavy (non-hydrogen) atoms. The Labute approximate surface area is 231 Å². The molecule has 204 valence electrons. The van der Waals surface area contributed by atoms with E-state index < -0.39 is 23.5 Å². The van der Waals surface area contributed by atoms with Crippen LogP contribution in [0.15, 0.2) is 54.1 Å². The number of methoxy groups -OCH3 is 3. The number of halogens is 2. The minimum absolute atomic E-state index is 0.0533. The highest BCUT2D eigenvalue weighted by Crippen LogP contribution is 2.45. The zero-order valence-corrected chi connectivity index (χ0v) is 23.2. The molecule has 9 heteroatoms. The molecule has 4 rings (SSSR count). The van der Waals surface area contributed by atoms with Crippen molar-refractivity contribution in [2.24, 2.45) is 0 Å². The first kappa shape index (κ1) is 28.0. The quantitative estimate of drug-likeness (QED) is 0.202. The van der Waals surface area contributed by atoms with Gasteiger partial charge in [-0.3, -0.25) is 14.5 Å². The summed E-state index contributed by atoms with van der Waals surface area (Å²) in [6.45, 7) is 5.75. The molecule has 0 aromatic heterocycles. The molecular weight excluding hydrogens is 525 g/mol. The summed E-state index contributed by atoms with van der Waals surface area (Å²) < 4.78 is 30.3. The summed E-state index contributed by atoms with van der Waals surface area (Å²) in [6, 6.07) is 11.2. The van der Waals surface area contributed by atoms with Crippen molar-refractivity contribution in [2.75, 3.05) is 26.2 Å². The number of carbonyl (C=O) groups excluding carboxylic acids is 2. The van der Waals surface area contributed by atoms with Crippen LogP contribution in [0.4, 0.5) is 10.1 Å². The molecular formula is C30H29ClFNO6. The van der Waals surface area contributed by atoms with Gasteiger partial charge in [-0.05, 0) is 72.0 Å². The van der Waals surface area contributed by atoms with E-state index in [0.29, 0.717) is 33.9 Å². The van der Waals surface area contributed by atoms with Crippen molar-refractivity contribution in [2.45, 2.75) is 32.7 Å². The molecule has 3 aromatic carbocycles. The van der Waals surface area contributed by atoms with E-state index in [1.807, 2.05) is 13.8 Å². The standard InChI is InChI=1S/C30H29ClFNO6/c1-15(2)19-14-20(16(3)11-24(19)38-5)28(34)26-27(17-7-10-23(37-4)25(12-17)39-6)33(30(36)29(26)35)18-8-9-22(32)21(31)13-18/h7-15,27,34H,1-6H3/b28-26+. The molecule has 1 aliphatic rings. The van der Waals surface area contributed by atoms with Gasteiger partial charge in [-0.25, -0.2) is 4.39 Å². The Morgan fingerprint density at radius 2 is 1.62 bits per heavy atom. The van der Waals surface area contributed by atoms with Gasteiger partial charge >= 0.3 is 0 Å². The van der Waals surface area contributed by atoms with Gasteiger partial charge < -0.3 is 19.3 Å². The number of amides is 1. The number of aliphatic hydroxyl groups excluding tert-OH is 1. The molecule has 7 nitrogen and oxygen atoms in total. The molecule has 0 saturated carbocycles. The lowest BCUT2D eigenvalue weighted by molar-refractivity contribution is -0.132. The van der Waals surface area contributed by atoms with Crippen LogP contribution in [0.3, 0.4) is 0 Å². The average molecular weight is 554 g/mol. The van der Waals surface area contributed by atoms with Crippen molar-refractivity contribution in [3.05, 3.63) is 87.2 Å². The fourth-order valence-corrected chi connectivity index (χ4v) is 4.97. The second-order valence-corrected chi connectivity index (χ2v) is 9.85. The van der Waals surface area contributed by atoms with Crippen LogP contribution in [-0.2, 0) is 9.59 Å². The van der Waals surface area contributed by atoms with E-state index in [9.17, 15) is 19.1 Å². The molecule has 1 atom stereocenters. The van der Waals surface area contributed by atoms with Crippen LogP contribution >= 0.6 is 11.6 Å². The molecule has 1 N–H and O–H groups in total. The van der Waals surface area contributed by atoms with Crippen molar-refractivity contribution in [3.63, 3.8) is 0 Å². The SMILES string of the molecule is COc1ccc(C2/C(=C(\O)c3cc(C(C)C)c(OC)cc3C)C(=O)C(=O)N2c2ccc(F)c(Cl)c2)cc1OC.